The summed E-state index contributed by atoms with van der Waals surface area (Å²) in [6.45, 7) is 2.75. The molecule has 1 N–H and O–H groups in total. The van der Waals surface area contributed by atoms with Gasteiger partial charge in [-0.2, -0.15) is 5.26 Å². The highest BCUT2D eigenvalue weighted by atomic mass is 35.5. The predicted molar refractivity (Wildman–Crippen MR) is 72.5 cm³/mol. The molecule has 0 aliphatic rings. The summed E-state index contributed by atoms with van der Waals surface area (Å²) in [6, 6.07) is 11.7. The average Bonchev–Trinajstić information content (AvgIpc) is 2.76. The molecule has 0 atom stereocenters. The summed E-state index contributed by atoms with van der Waals surface area (Å²) < 4.78 is 0. The van der Waals surface area contributed by atoms with E-state index < -0.39 is 0 Å². The molecule has 2 aromatic rings. The molecular formula is C13H11ClN2S. The second-order valence-electron chi connectivity index (χ2n) is 3.69. The molecule has 0 saturated carbocycles. The van der Waals surface area contributed by atoms with Crippen LogP contribution in [0.2, 0.25) is 5.02 Å². The number of rotatable bonds is 3. The molecule has 0 unspecified atom stereocenters. The first-order valence-corrected chi connectivity index (χ1v) is 6.37. The van der Waals surface area contributed by atoms with E-state index in [-0.39, 0.29) is 0 Å². The van der Waals surface area contributed by atoms with E-state index in [9.17, 15) is 0 Å². The number of anilines is 1. The number of nitrogens with zero attached hydrogens (tertiary/aromatic N) is 1. The second kappa shape index (κ2) is 5.22. The molecule has 0 amide bonds. The van der Waals surface area contributed by atoms with Gasteiger partial charge < -0.3 is 5.32 Å². The van der Waals surface area contributed by atoms with Crippen molar-refractivity contribution in [3.8, 4) is 6.07 Å². The van der Waals surface area contributed by atoms with Gasteiger partial charge in [0.1, 0.15) is 10.9 Å². The van der Waals surface area contributed by atoms with E-state index in [2.05, 4.69) is 11.4 Å². The predicted octanol–water partition coefficient (Wildman–Crippen LogP) is 4.19. The van der Waals surface area contributed by atoms with Gasteiger partial charge in [0.25, 0.3) is 0 Å². The van der Waals surface area contributed by atoms with Gasteiger partial charge in [0.15, 0.2) is 0 Å². The maximum atomic E-state index is 8.74. The van der Waals surface area contributed by atoms with Gasteiger partial charge in [0, 0.05) is 22.1 Å². The third-order valence-electron chi connectivity index (χ3n) is 2.41. The van der Waals surface area contributed by atoms with Crippen LogP contribution in [0.5, 0.6) is 0 Å². The first-order chi connectivity index (χ1) is 8.19. The molecule has 2 rings (SSSR count). The fraction of sp³-hybridized carbons (Fsp3) is 0.154. The molecule has 0 fully saturated rings. The van der Waals surface area contributed by atoms with E-state index in [1.54, 1.807) is 0 Å². The molecule has 0 saturated heterocycles. The van der Waals surface area contributed by atoms with Crippen LogP contribution in [-0.2, 0) is 6.54 Å². The Labute approximate surface area is 109 Å². The molecule has 1 heterocycles. The summed E-state index contributed by atoms with van der Waals surface area (Å²) in [6.07, 6.45) is 0. The summed E-state index contributed by atoms with van der Waals surface area (Å²) in [5.74, 6) is 0. The summed E-state index contributed by atoms with van der Waals surface area (Å²) >= 11 is 7.41. The molecule has 2 nitrogen and oxygen atoms in total. The lowest BCUT2D eigenvalue weighted by Gasteiger charge is -2.08. The van der Waals surface area contributed by atoms with Crippen LogP contribution in [0.4, 0.5) is 5.69 Å². The SMILES string of the molecule is Cc1cc(Cl)ccc1NCc1ccc(C#N)s1. The summed E-state index contributed by atoms with van der Waals surface area (Å²) in [5.41, 5.74) is 2.19. The minimum atomic E-state index is 0.731. The van der Waals surface area contributed by atoms with Crippen LogP contribution in [0.1, 0.15) is 15.3 Å². The van der Waals surface area contributed by atoms with E-state index >= 15 is 0 Å². The van der Waals surface area contributed by atoms with Crippen molar-refractivity contribution in [2.45, 2.75) is 13.5 Å². The number of hydrogen-bond acceptors (Lipinski definition) is 3. The summed E-state index contributed by atoms with van der Waals surface area (Å²) in [4.78, 5) is 1.89. The largest absolute Gasteiger partial charge is 0.380 e. The highest BCUT2D eigenvalue weighted by Crippen LogP contribution is 2.22. The van der Waals surface area contributed by atoms with Gasteiger partial charge in [-0.25, -0.2) is 0 Å². The Kier molecular flexibility index (Phi) is 3.68. The van der Waals surface area contributed by atoms with Crippen molar-refractivity contribution in [1.82, 2.24) is 0 Å². The summed E-state index contributed by atoms with van der Waals surface area (Å²) in [7, 11) is 0. The molecule has 1 aromatic heterocycles. The third kappa shape index (κ3) is 3.00. The highest BCUT2D eigenvalue weighted by molar-refractivity contribution is 7.12. The van der Waals surface area contributed by atoms with Crippen molar-refractivity contribution in [3.63, 3.8) is 0 Å². The van der Waals surface area contributed by atoms with Crippen molar-refractivity contribution in [2.75, 3.05) is 5.32 Å². The van der Waals surface area contributed by atoms with Crippen molar-refractivity contribution in [1.29, 1.82) is 5.26 Å². The molecule has 17 heavy (non-hydrogen) atoms. The molecule has 0 radical (unpaired) electrons. The summed E-state index contributed by atoms with van der Waals surface area (Å²) in [5, 5.41) is 12.8. The Balaban J connectivity index is 2.05. The van der Waals surface area contributed by atoms with Gasteiger partial charge in [-0.15, -0.1) is 11.3 Å². The minimum absolute atomic E-state index is 0.731. The highest BCUT2D eigenvalue weighted by Gasteiger charge is 2.01. The van der Waals surface area contributed by atoms with Crippen molar-refractivity contribution < 1.29 is 0 Å². The van der Waals surface area contributed by atoms with Crippen LogP contribution in [0.15, 0.2) is 30.3 Å². The molecule has 0 bridgehead atoms. The Morgan fingerprint density at radius 1 is 1.35 bits per heavy atom. The van der Waals surface area contributed by atoms with Crippen LogP contribution < -0.4 is 5.32 Å². The number of nitrogens with one attached hydrogen (secondary N) is 1. The maximum Gasteiger partial charge on any atom is 0.110 e. The monoisotopic (exact) mass is 262 g/mol. The van der Waals surface area contributed by atoms with Gasteiger partial charge in [-0.05, 0) is 42.8 Å². The zero-order chi connectivity index (χ0) is 12.3. The number of aryl methyl sites for hydroxylation is 1. The fourth-order valence-corrected chi connectivity index (χ4v) is 2.51. The molecule has 4 heteroatoms. The van der Waals surface area contributed by atoms with E-state index in [0.29, 0.717) is 0 Å². The molecule has 1 aromatic carbocycles. The number of halogens is 1. The number of nitriles is 1. The minimum Gasteiger partial charge on any atom is -0.380 e. The quantitative estimate of drug-likeness (QED) is 0.900. The maximum absolute atomic E-state index is 8.74. The Morgan fingerprint density at radius 2 is 2.18 bits per heavy atom. The number of hydrogen-bond donors (Lipinski definition) is 1. The van der Waals surface area contributed by atoms with Gasteiger partial charge in [-0.3, -0.25) is 0 Å². The first-order valence-electron chi connectivity index (χ1n) is 5.18. The lowest BCUT2D eigenvalue weighted by atomic mass is 10.2. The van der Waals surface area contributed by atoms with Crippen LogP contribution >= 0.6 is 22.9 Å². The topological polar surface area (TPSA) is 35.8 Å². The van der Waals surface area contributed by atoms with Gasteiger partial charge >= 0.3 is 0 Å². The fourth-order valence-electron chi connectivity index (χ4n) is 1.54. The van der Waals surface area contributed by atoms with E-state index in [1.165, 1.54) is 11.3 Å². The van der Waals surface area contributed by atoms with E-state index in [1.807, 2.05) is 37.3 Å². The standard InChI is InChI=1S/C13H11ClN2S/c1-9-6-10(14)2-5-13(9)16-8-12-4-3-11(7-15)17-12/h2-6,16H,8H2,1H3. The Bertz CT molecular complexity index is 569. The average molecular weight is 263 g/mol. The van der Waals surface area contributed by atoms with Crippen molar-refractivity contribution >= 4 is 28.6 Å². The zero-order valence-electron chi connectivity index (χ0n) is 9.33. The van der Waals surface area contributed by atoms with Crippen LogP contribution in [0, 0.1) is 18.3 Å². The molecule has 86 valence electrons. The van der Waals surface area contributed by atoms with Gasteiger partial charge in [0.05, 0.1) is 0 Å². The number of benzene rings is 1. The third-order valence-corrected chi connectivity index (χ3v) is 3.64. The van der Waals surface area contributed by atoms with Crippen LogP contribution in [0.25, 0.3) is 0 Å². The number of thiophene rings is 1. The van der Waals surface area contributed by atoms with E-state index in [0.717, 1.165) is 32.6 Å². The smallest absolute Gasteiger partial charge is 0.110 e. The molecule has 0 aliphatic carbocycles. The van der Waals surface area contributed by atoms with Crippen molar-refractivity contribution in [3.05, 3.63) is 50.7 Å². The Morgan fingerprint density at radius 3 is 2.82 bits per heavy atom. The van der Waals surface area contributed by atoms with Gasteiger partial charge in [0.2, 0.25) is 0 Å². The molecule has 0 aliphatic heterocycles. The van der Waals surface area contributed by atoms with E-state index in [4.69, 9.17) is 16.9 Å². The molecule has 0 spiro atoms. The Hall–Kier alpha value is -1.50. The van der Waals surface area contributed by atoms with Crippen LogP contribution in [0.3, 0.4) is 0 Å². The van der Waals surface area contributed by atoms with Crippen molar-refractivity contribution in [2.24, 2.45) is 0 Å². The zero-order valence-corrected chi connectivity index (χ0v) is 10.9. The van der Waals surface area contributed by atoms with Crippen LogP contribution in [-0.4, -0.2) is 0 Å². The second-order valence-corrected chi connectivity index (χ2v) is 5.30. The molecular weight excluding hydrogens is 252 g/mol. The lowest BCUT2D eigenvalue weighted by molar-refractivity contribution is 1.18. The normalized spacial score (nSPS) is 9.94. The first kappa shape index (κ1) is 12.0. The van der Waals surface area contributed by atoms with Gasteiger partial charge in [-0.1, -0.05) is 11.6 Å². The lowest BCUT2D eigenvalue weighted by Crippen LogP contribution is -1.98.